The zero-order valence-electron chi connectivity index (χ0n) is 4.13. The predicted octanol–water partition coefficient (Wildman–Crippen LogP) is -3.61. The molecule has 0 fully saturated rings. The third kappa shape index (κ3) is 9.64. The maximum Gasteiger partial charge on any atom is 1.00 e. The number of alkyl halides is 1. The van der Waals surface area contributed by atoms with Crippen molar-refractivity contribution in [2.24, 2.45) is 0 Å². The zero-order chi connectivity index (χ0) is 5.91. The normalized spacial score (nSPS) is 10.2. The Bertz CT molecular complexity index is 129. The van der Waals surface area contributed by atoms with Crippen molar-refractivity contribution in [2.45, 2.75) is 0 Å². The first-order valence-corrected chi connectivity index (χ1v) is 2.56. The maximum atomic E-state index is 10.7. The molecule has 44 valence electrons. The molecule has 0 radical (unpaired) electrons. The van der Waals surface area contributed by atoms with Crippen LogP contribution in [-0.4, -0.2) is 19.8 Å². The van der Waals surface area contributed by atoms with E-state index < -0.39 is 17.3 Å². The van der Waals surface area contributed by atoms with Crippen LogP contribution in [0.1, 0.15) is 0 Å². The Hall–Kier alpha value is 0.397. The fraction of sp³-hybridized carbons (Fsp3) is 1.00. The molecule has 0 rings (SSSR count). The Morgan fingerprint density at radius 3 is 2.00 bits per heavy atom. The summed E-state index contributed by atoms with van der Waals surface area (Å²) in [6.07, 6.45) is 0. The van der Waals surface area contributed by atoms with Gasteiger partial charge in [0.15, 0.2) is 0 Å². The van der Waals surface area contributed by atoms with Crippen molar-refractivity contribution < 1.29 is 40.4 Å². The van der Waals surface area contributed by atoms with E-state index in [1.807, 2.05) is 0 Å². The summed E-state index contributed by atoms with van der Waals surface area (Å²) >= 11 is 0. The summed E-state index contributed by atoms with van der Waals surface area (Å²) in [4.78, 5) is 0. The molecule has 0 amide bonds. The van der Waals surface area contributed by atoms with E-state index >= 15 is 0 Å². The van der Waals surface area contributed by atoms with Crippen LogP contribution < -0.4 is 18.9 Å². The zero-order valence-corrected chi connectivity index (χ0v) is 4.94. The van der Waals surface area contributed by atoms with Crippen molar-refractivity contribution in [1.82, 2.24) is 0 Å². The molecule has 8 heavy (non-hydrogen) atoms. The number of rotatable bonds is 2. The second kappa shape index (κ2) is 4.29. The van der Waals surface area contributed by atoms with Crippen LogP contribution >= 0.6 is 0 Å². The minimum atomic E-state index is -4.80. The molecule has 7 heteroatoms. The Morgan fingerprint density at radius 2 is 2.00 bits per heavy atom. The Labute approximate surface area is 58.2 Å². The van der Waals surface area contributed by atoms with Gasteiger partial charge in [-0.1, -0.05) is 0 Å². The molecular weight excluding hydrogens is 134 g/mol. The van der Waals surface area contributed by atoms with E-state index in [9.17, 15) is 17.4 Å². The summed E-state index contributed by atoms with van der Waals surface area (Å²) in [5.41, 5.74) is 0. The summed E-state index contributed by atoms with van der Waals surface area (Å²) in [5.74, 6) is 0. The van der Waals surface area contributed by atoms with Crippen LogP contribution in [-0.2, 0) is 14.6 Å². The molecule has 4 nitrogen and oxygen atoms in total. The third-order valence-corrected chi connectivity index (χ3v) is 0.567. The largest absolute Gasteiger partial charge is 1.00 e. The molecule has 0 aliphatic rings. The number of halogens is 1. The summed E-state index contributed by atoms with van der Waals surface area (Å²) in [7, 11) is -4.80. The molecule has 0 aromatic rings. The maximum absolute atomic E-state index is 10.7. The van der Waals surface area contributed by atoms with Crippen molar-refractivity contribution in [2.75, 3.05) is 6.86 Å². The van der Waals surface area contributed by atoms with E-state index in [0.717, 1.165) is 0 Å². The van der Waals surface area contributed by atoms with Gasteiger partial charge in [-0.2, -0.15) is 0 Å². The van der Waals surface area contributed by atoms with Crippen LogP contribution in [0.15, 0.2) is 0 Å². The van der Waals surface area contributed by atoms with Crippen molar-refractivity contribution in [3.05, 3.63) is 0 Å². The standard InChI is InChI=1S/CH3FO4S.Li/c2-1-6-7(3,4)5;/h1H2,(H,3,4,5);/q;+1/p-1. The first kappa shape index (κ1) is 11.2. The van der Waals surface area contributed by atoms with E-state index in [1.54, 1.807) is 0 Å². The molecule has 0 aromatic carbocycles. The van der Waals surface area contributed by atoms with E-state index in [1.165, 1.54) is 0 Å². The summed E-state index contributed by atoms with van der Waals surface area (Å²) in [6, 6.07) is 0. The Kier molecular flexibility index (Phi) is 6.03. The SMILES string of the molecule is O=S(=O)([O-])OCF.[Li+]. The predicted molar refractivity (Wildman–Crippen MR) is 16.8 cm³/mol. The van der Waals surface area contributed by atoms with Crippen LogP contribution in [0.2, 0.25) is 0 Å². The Balaban J connectivity index is 0. The van der Waals surface area contributed by atoms with Crippen LogP contribution in [0.25, 0.3) is 0 Å². The van der Waals surface area contributed by atoms with Gasteiger partial charge in [0.25, 0.3) is 0 Å². The minimum Gasteiger partial charge on any atom is -0.725 e. The van der Waals surface area contributed by atoms with Crippen LogP contribution in [0, 0.1) is 0 Å². The molecule has 0 saturated carbocycles. The molecular formula is CH2FLiO4S. The monoisotopic (exact) mass is 136 g/mol. The molecule has 0 saturated heterocycles. The molecule has 0 aliphatic carbocycles. The van der Waals surface area contributed by atoms with Gasteiger partial charge in [0.05, 0.1) is 0 Å². The van der Waals surface area contributed by atoms with Crippen molar-refractivity contribution in [1.29, 1.82) is 0 Å². The molecule has 0 N–H and O–H groups in total. The number of hydrogen-bond acceptors (Lipinski definition) is 4. The van der Waals surface area contributed by atoms with Crippen LogP contribution in [0.4, 0.5) is 4.39 Å². The summed E-state index contributed by atoms with van der Waals surface area (Å²) in [6.45, 7) is -1.59. The van der Waals surface area contributed by atoms with Gasteiger partial charge in [-0.25, -0.2) is 17.0 Å². The van der Waals surface area contributed by atoms with Crippen LogP contribution in [0.5, 0.6) is 0 Å². The third-order valence-electron chi connectivity index (χ3n) is 0.189. The van der Waals surface area contributed by atoms with E-state index in [2.05, 4.69) is 4.18 Å². The van der Waals surface area contributed by atoms with Gasteiger partial charge in [-0.15, -0.1) is 0 Å². The van der Waals surface area contributed by atoms with Gasteiger partial charge in [-0.05, 0) is 0 Å². The minimum absolute atomic E-state index is 0. The second-order valence-electron chi connectivity index (χ2n) is 0.635. The molecule has 0 atom stereocenters. The van der Waals surface area contributed by atoms with Gasteiger partial charge < -0.3 is 4.55 Å². The second-order valence-corrected chi connectivity index (χ2v) is 1.69. The Morgan fingerprint density at radius 1 is 1.62 bits per heavy atom. The molecule has 0 unspecified atom stereocenters. The van der Waals surface area contributed by atoms with Crippen molar-refractivity contribution in [3.8, 4) is 0 Å². The van der Waals surface area contributed by atoms with Crippen molar-refractivity contribution in [3.63, 3.8) is 0 Å². The fourth-order valence-corrected chi connectivity index (χ4v) is 0.164. The molecule has 0 heterocycles. The molecule has 0 aliphatic heterocycles. The average Bonchev–Trinajstić information content (AvgIpc) is 1.30. The van der Waals surface area contributed by atoms with Gasteiger partial charge in [0, 0.05) is 0 Å². The average molecular weight is 136 g/mol. The molecule has 0 aromatic heterocycles. The smallest absolute Gasteiger partial charge is 0.725 e. The number of hydrogen-bond donors (Lipinski definition) is 0. The van der Waals surface area contributed by atoms with Gasteiger partial charge in [0.2, 0.25) is 17.3 Å². The van der Waals surface area contributed by atoms with Crippen LogP contribution in [0.3, 0.4) is 0 Å². The summed E-state index contributed by atoms with van der Waals surface area (Å²) < 4.78 is 41.3. The van der Waals surface area contributed by atoms with Gasteiger partial charge >= 0.3 is 18.9 Å². The summed E-state index contributed by atoms with van der Waals surface area (Å²) in [5, 5.41) is 0. The van der Waals surface area contributed by atoms with Gasteiger partial charge in [-0.3, -0.25) is 0 Å². The molecule has 0 bridgehead atoms. The van der Waals surface area contributed by atoms with Crippen molar-refractivity contribution >= 4 is 10.4 Å². The first-order chi connectivity index (χ1) is 3.06. The van der Waals surface area contributed by atoms with E-state index in [0.29, 0.717) is 0 Å². The van der Waals surface area contributed by atoms with Gasteiger partial charge in [0.1, 0.15) is 0 Å². The quantitative estimate of drug-likeness (QED) is 0.223. The fourth-order valence-electron chi connectivity index (χ4n) is 0.0546. The van der Waals surface area contributed by atoms with E-state index in [-0.39, 0.29) is 18.9 Å². The topological polar surface area (TPSA) is 66.4 Å². The molecule has 0 spiro atoms. The first-order valence-electron chi connectivity index (χ1n) is 1.22. The van der Waals surface area contributed by atoms with E-state index in [4.69, 9.17) is 0 Å².